The van der Waals surface area contributed by atoms with Crippen LogP contribution in [0.1, 0.15) is 37.3 Å². The molecule has 0 bridgehead atoms. The van der Waals surface area contributed by atoms with E-state index in [-0.39, 0.29) is 30.7 Å². The summed E-state index contributed by atoms with van der Waals surface area (Å²) in [6.07, 6.45) is 6.05. The molecule has 2 aliphatic heterocycles. The standard InChI is InChI=1S/C18H28N6O.2ClH/c19-15-9-14(10-15)16-11-17(21-13-20-16)23-7-5-22(6-8-23)12-18(25)24-3-1-2-4-24;;/h11,13-15H,1-10,12,19H2;2*1H. The van der Waals surface area contributed by atoms with E-state index in [9.17, 15) is 4.79 Å². The first-order chi connectivity index (χ1) is 12.2. The highest BCUT2D eigenvalue weighted by Gasteiger charge is 2.29. The summed E-state index contributed by atoms with van der Waals surface area (Å²) in [4.78, 5) is 27.8. The van der Waals surface area contributed by atoms with Gasteiger partial charge >= 0.3 is 0 Å². The molecule has 0 aromatic carbocycles. The molecule has 0 spiro atoms. The van der Waals surface area contributed by atoms with Gasteiger partial charge in [0.25, 0.3) is 0 Å². The van der Waals surface area contributed by atoms with E-state index in [0.717, 1.165) is 76.5 Å². The van der Waals surface area contributed by atoms with Crippen molar-refractivity contribution >= 4 is 36.5 Å². The Morgan fingerprint density at radius 3 is 2.33 bits per heavy atom. The van der Waals surface area contributed by atoms with Gasteiger partial charge in [-0.05, 0) is 25.7 Å². The number of hydrogen-bond acceptors (Lipinski definition) is 6. The van der Waals surface area contributed by atoms with Crippen LogP contribution >= 0.6 is 24.8 Å². The number of amides is 1. The minimum absolute atomic E-state index is 0. The lowest BCUT2D eigenvalue weighted by atomic mass is 9.78. The molecule has 7 nitrogen and oxygen atoms in total. The molecule has 152 valence electrons. The number of piperazine rings is 1. The number of anilines is 1. The molecule has 1 aromatic heterocycles. The molecule has 4 rings (SSSR count). The molecule has 27 heavy (non-hydrogen) atoms. The van der Waals surface area contributed by atoms with Crippen molar-refractivity contribution in [1.82, 2.24) is 19.8 Å². The molecular formula is C18H30Cl2N6O. The third-order valence-electron chi connectivity index (χ3n) is 5.78. The Balaban J connectivity index is 0.00000131. The molecule has 9 heteroatoms. The number of nitrogens with two attached hydrogens (primary N) is 1. The monoisotopic (exact) mass is 416 g/mol. The summed E-state index contributed by atoms with van der Waals surface area (Å²) < 4.78 is 0. The van der Waals surface area contributed by atoms with Crippen LogP contribution in [-0.2, 0) is 4.79 Å². The smallest absolute Gasteiger partial charge is 0.236 e. The van der Waals surface area contributed by atoms with Gasteiger partial charge in [-0.25, -0.2) is 9.97 Å². The molecule has 1 saturated carbocycles. The van der Waals surface area contributed by atoms with Crippen LogP contribution in [0.2, 0.25) is 0 Å². The fraction of sp³-hybridized carbons (Fsp3) is 0.722. The van der Waals surface area contributed by atoms with E-state index in [2.05, 4.69) is 25.8 Å². The Kier molecular flexibility index (Phi) is 8.09. The van der Waals surface area contributed by atoms with Crippen LogP contribution < -0.4 is 10.6 Å². The number of likely N-dealkylation sites (tertiary alicyclic amines) is 1. The largest absolute Gasteiger partial charge is 0.354 e. The molecule has 3 aliphatic rings. The lowest BCUT2D eigenvalue weighted by Crippen LogP contribution is -2.50. The maximum atomic E-state index is 12.3. The first kappa shape index (κ1) is 22.1. The third-order valence-corrected chi connectivity index (χ3v) is 5.78. The number of hydrogen-bond donors (Lipinski definition) is 1. The lowest BCUT2D eigenvalue weighted by molar-refractivity contribution is -0.131. The zero-order chi connectivity index (χ0) is 17.2. The molecule has 3 heterocycles. The Morgan fingerprint density at radius 1 is 1.04 bits per heavy atom. The molecule has 0 unspecified atom stereocenters. The summed E-state index contributed by atoms with van der Waals surface area (Å²) in [5, 5.41) is 0. The minimum Gasteiger partial charge on any atom is -0.354 e. The van der Waals surface area contributed by atoms with Crippen molar-refractivity contribution in [2.75, 3.05) is 50.7 Å². The Bertz CT molecular complexity index is 614. The van der Waals surface area contributed by atoms with Gasteiger partial charge in [-0.1, -0.05) is 0 Å². The van der Waals surface area contributed by atoms with Crippen LogP contribution in [-0.4, -0.2) is 77.5 Å². The molecule has 0 atom stereocenters. The van der Waals surface area contributed by atoms with Crippen molar-refractivity contribution in [3.05, 3.63) is 18.1 Å². The minimum atomic E-state index is 0. The van der Waals surface area contributed by atoms with Crippen molar-refractivity contribution < 1.29 is 4.79 Å². The molecular weight excluding hydrogens is 387 g/mol. The van der Waals surface area contributed by atoms with Crippen molar-refractivity contribution in [2.24, 2.45) is 5.73 Å². The Labute approximate surface area is 173 Å². The highest BCUT2D eigenvalue weighted by Crippen LogP contribution is 2.35. The zero-order valence-corrected chi connectivity index (χ0v) is 17.3. The summed E-state index contributed by atoms with van der Waals surface area (Å²) in [5.41, 5.74) is 7.02. The summed E-state index contributed by atoms with van der Waals surface area (Å²) >= 11 is 0. The SMILES string of the molecule is Cl.Cl.NC1CC(c2cc(N3CCN(CC(=O)N4CCCC4)CC3)ncn2)C1. The van der Waals surface area contributed by atoms with E-state index >= 15 is 0 Å². The van der Waals surface area contributed by atoms with Gasteiger partial charge < -0.3 is 15.5 Å². The quantitative estimate of drug-likeness (QED) is 0.795. The summed E-state index contributed by atoms with van der Waals surface area (Å²) in [6.45, 7) is 6.08. The van der Waals surface area contributed by atoms with E-state index in [1.807, 2.05) is 4.90 Å². The predicted octanol–water partition coefficient (Wildman–Crippen LogP) is 1.27. The lowest BCUT2D eigenvalue weighted by Gasteiger charge is -2.36. The van der Waals surface area contributed by atoms with Crippen LogP contribution in [0.15, 0.2) is 12.4 Å². The molecule has 1 aromatic rings. The van der Waals surface area contributed by atoms with Crippen molar-refractivity contribution in [2.45, 2.75) is 37.6 Å². The zero-order valence-electron chi connectivity index (χ0n) is 15.6. The molecule has 1 aliphatic carbocycles. The van der Waals surface area contributed by atoms with Crippen LogP contribution in [0.4, 0.5) is 5.82 Å². The van der Waals surface area contributed by atoms with Gasteiger partial charge in [-0.2, -0.15) is 0 Å². The van der Waals surface area contributed by atoms with Crippen molar-refractivity contribution in [3.8, 4) is 0 Å². The average molecular weight is 417 g/mol. The van der Waals surface area contributed by atoms with E-state index in [0.29, 0.717) is 18.5 Å². The number of nitrogens with zero attached hydrogens (tertiary/aromatic N) is 5. The summed E-state index contributed by atoms with van der Waals surface area (Å²) in [6, 6.07) is 2.46. The predicted molar refractivity (Wildman–Crippen MR) is 111 cm³/mol. The highest BCUT2D eigenvalue weighted by atomic mass is 35.5. The molecule has 0 radical (unpaired) electrons. The maximum Gasteiger partial charge on any atom is 0.236 e. The Hall–Kier alpha value is -1.15. The third kappa shape index (κ3) is 5.22. The molecule has 1 amide bonds. The highest BCUT2D eigenvalue weighted by molar-refractivity contribution is 5.85. The van der Waals surface area contributed by atoms with Gasteiger partial charge in [0.15, 0.2) is 0 Å². The van der Waals surface area contributed by atoms with Gasteiger partial charge in [0, 0.05) is 63.0 Å². The normalized spacial score (nSPS) is 25.4. The van der Waals surface area contributed by atoms with Crippen LogP contribution in [0.5, 0.6) is 0 Å². The van der Waals surface area contributed by atoms with Gasteiger partial charge in [-0.3, -0.25) is 9.69 Å². The number of halogens is 2. The number of aromatic nitrogens is 2. The van der Waals surface area contributed by atoms with Crippen molar-refractivity contribution in [3.63, 3.8) is 0 Å². The van der Waals surface area contributed by atoms with E-state index in [1.165, 1.54) is 0 Å². The van der Waals surface area contributed by atoms with Crippen LogP contribution in [0.25, 0.3) is 0 Å². The first-order valence-corrected chi connectivity index (χ1v) is 9.51. The second-order valence-electron chi connectivity index (χ2n) is 7.58. The van der Waals surface area contributed by atoms with Gasteiger partial charge in [-0.15, -0.1) is 24.8 Å². The molecule has 3 fully saturated rings. The fourth-order valence-electron chi connectivity index (χ4n) is 4.05. The number of rotatable bonds is 4. The van der Waals surface area contributed by atoms with Gasteiger partial charge in [0.2, 0.25) is 5.91 Å². The van der Waals surface area contributed by atoms with Gasteiger partial charge in [0.05, 0.1) is 6.54 Å². The van der Waals surface area contributed by atoms with E-state index in [1.54, 1.807) is 6.33 Å². The first-order valence-electron chi connectivity index (χ1n) is 9.51. The van der Waals surface area contributed by atoms with Crippen LogP contribution in [0.3, 0.4) is 0 Å². The van der Waals surface area contributed by atoms with Crippen molar-refractivity contribution in [1.29, 1.82) is 0 Å². The molecule has 2 N–H and O–H groups in total. The average Bonchev–Trinajstić information content (AvgIpc) is 3.15. The van der Waals surface area contributed by atoms with E-state index in [4.69, 9.17) is 5.73 Å². The van der Waals surface area contributed by atoms with Gasteiger partial charge in [0.1, 0.15) is 12.1 Å². The maximum absolute atomic E-state index is 12.3. The topological polar surface area (TPSA) is 78.6 Å². The van der Waals surface area contributed by atoms with Crippen LogP contribution in [0, 0.1) is 0 Å². The second-order valence-corrected chi connectivity index (χ2v) is 7.58. The second kappa shape index (κ2) is 9.87. The number of carbonyl (C=O) groups excluding carboxylic acids is 1. The number of carbonyl (C=O) groups is 1. The summed E-state index contributed by atoms with van der Waals surface area (Å²) in [5.74, 6) is 1.80. The fourth-order valence-corrected chi connectivity index (χ4v) is 4.05. The van der Waals surface area contributed by atoms with E-state index < -0.39 is 0 Å². The molecule has 2 saturated heterocycles. The Morgan fingerprint density at radius 2 is 1.70 bits per heavy atom. The summed E-state index contributed by atoms with van der Waals surface area (Å²) in [7, 11) is 0.